The molecule has 0 aliphatic carbocycles. The maximum atomic E-state index is 4.32. The Bertz CT molecular complexity index is 1610. The molecule has 1 aromatic heterocycles. The van der Waals surface area contributed by atoms with E-state index < -0.39 is 0 Å². The van der Waals surface area contributed by atoms with Crippen molar-refractivity contribution in [2.45, 2.75) is 0 Å². The van der Waals surface area contributed by atoms with E-state index in [0.717, 1.165) is 44.9 Å². The van der Waals surface area contributed by atoms with E-state index in [-0.39, 0.29) is 20.1 Å². The predicted molar refractivity (Wildman–Crippen MR) is 153 cm³/mol. The SMILES string of the molecule is [CH2-]c1ccccc1-c1n(-c2c(-c3ccccc3)cc(-c3ccccc3)cc2-c2ccccc2)cc[n+]1[CH2-].[Ir]. The summed E-state index contributed by atoms with van der Waals surface area (Å²) in [4.78, 5) is 0. The molecule has 0 saturated heterocycles. The molecule has 187 valence electrons. The Labute approximate surface area is 238 Å². The van der Waals surface area contributed by atoms with Gasteiger partial charge in [0.25, 0.3) is 0 Å². The van der Waals surface area contributed by atoms with Crippen molar-refractivity contribution in [1.29, 1.82) is 0 Å². The van der Waals surface area contributed by atoms with E-state index in [2.05, 4.69) is 140 Å². The number of hydrogen-bond acceptors (Lipinski definition) is 0. The molecular weight excluding hydrogens is 641 g/mol. The Morgan fingerprint density at radius 3 is 1.53 bits per heavy atom. The molecular formula is C35H27IrN2-. The summed E-state index contributed by atoms with van der Waals surface area (Å²) in [5.74, 6) is 0.979. The van der Waals surface area contributed by atoms with Crippen molar-refractivity contribution < 1.29 is 24.7 Å². The molecule has 0 saturated carbocycles. The average molecular weight is 668 g/mol. The first-order valence-corrected chi connectivity index (χ1v) is 12.4. The Kier molecular flexibility index (Phi) is 7.33. The van der Waals surface area contributed by atoms with Crippen LogP contribution in [-0.4, -0.2) is 4.57 Å². The Morgan fingerprint density at radius 2 is 1.00 bits per heavy atom. The quantitative estimate of drug-likeness (QED) is 0.129. The number of nitrogens with zero attached hydrogens (tertiary/aromatic N) is 2. The summed E-state index contributed by atoms with van der Waals surface area (Å²) in [6.45, 7) is 4.31. The zero-order valence-electron chi connectivity index (χ0n) is 20.9. The third-order valence-electron chi connectivity index (χ3n) is 6.78. The van der Waals surface area contributed by atoms with Crippen LogP contribution in [0.15, 0.2) is 140 Å². The predicted octanol–water partition coefficient (Wildman–Crippen LogP) is 8.25. The molecule has 6 rings (SSSR count). The molecule has 5 aromatic carbocycles. The van der Waals surface area contributed by atoms with E-state index in [1.54, 1.807) is 0 Å². The van der Waals surface area contributed by atoms with E-state index in [1.807, 2.05) is 22.9 Å². The average Bonchev–Trinajstić information content (AvgIpc) is 3.34. The number of hydrogen-bond donors (Lipinski definition) is 0. The molecule has 0 amide bonds. The Morgan fingerprint density at radius 1 is 0.526 bits per heavy atom. The van der Waals surface area contributed by atoms with Gasteiger partial charge in [-0.3, -0.25) is 4.57 Å². The molecule has 6 aromatic rings. The molecule has 0 fully saturated rings. The zero-order valence-corrected chi connectivity index (χ0v) is 23.3. The molecule has 0 bridgehead atoms. The molecule has 0 aliphatic rings. The molecule has 0 aliphatic heterocycles. The molecule has 0 spiro atoms. The summed E-state index contributed by atoms with van der Waals surface area (Å²) in [5, 5.41) is 0. The second kappa shape index (κ2) is 11.0. The second-order valence-corrected chi connectivity index (χ2v) is 9.14. The van der Waals surface area contributed by atoms with E-state index >= 15 is 0 Å². The van der Waals surface area contributed by atoms with Crippen LogP contribution in [0, 0.1) is 14.0 Å². The van der Waals surface area contributed by atoms with E-state index in [9.17, 15) is 0 Å². The minimum atomic E-state index is 0. The summed E-state index contributed by atoms with van der Waals surface area (Å²) in [6.07, 6.45) is 4.11. The third-order valence-corrected chi connectivity index (χ3v) is 6.78. The summed E-state index contributed by atoms with van der Waals surface area (Å²) >= 11 is 0. The minimum Gasteiger partial charge on any atom is -0.378 e. The van der Waals surface area contributed by atoms with Crippen molar-refractivity contribution in [1.82, 2.24) is 4.57 Å². The van der Waals surface area contributed by atoms with Crippen molar-refractivity contribution in [2.75, 3.05) is 0 Å². The van der Waals surface area contributed by atoms with Crippen LogP contribution in [0.5, 0.6) is 0 Å². The van der Waals surface area contributed by atoms with Gasteiger partial charge in [-0.1, -0.05) is 103 Å². The van der Waals surface area contributed by atoms with Crippen LogP contribution < -0.4 is 4.57 Å². The van der Waals surface area contributed by atoms with Gasteiger partial charge in [-0.25, -0.2) is 0 Å². The summed E-state index contributed by atoms with van der Waals surface area (Å²) in [7, 11) is 4.32. The van der Waals surface area contributed by atoms with Crippen LogP contribution in [0.2, 0.25) is 0 Å². The zero-order chi connectivity index (χ0) is 25.2. The molecule has 2 nitrogen and oxygen atoms in total. The summed E-state index contributed by atoms with van der Waals surface area (Å²) in [6, 6.07) is 44.6. The number of imidazole rings is 1. The van der Waals surface area contributed by atoms with Gasteiger partial charge in [0.05, 0.1) is 6.20 Å². The topological polar surface area (TPSA) is 8.81 Å². The van der Waals surface area contributed by atoms with Gasteiger partial charge in [-0.05, 0) is 41.4 Å². The third kappa shape index (κ3) is 4.70. The van der Waals surface area contributed by atoms with Gasteiger partial charge in [0, 0.05) is 37.4 Å². The minimum absolute atomic E-state index is 0. The molecule has 3 heteroatoms. The van der Waals surface area contributed by atoms with Crippen LogP contribution in [-0.2, 0) is 20.1 Å². The fourth-order valence-corrected chi connectivity index (χ4v) is 5.00. The molecule has 0 unspecified atom stereocenters. The van der Waals surface area contributed by atoms with Gasteiger partial charge in [0.15, 0.2) is 0 Å². The van der Waals surface area contributed by atoms with E-state index in [0.29, 0.717) is 0 Å². The Hall–Kier alpha value is -4.30. The van der Waals surface area contributed by atoms with Gasteiger partial charge in [0.1, 0.15) is 11.5 Å². The first kappa shape index (κ1) is 25.4. The fourth-order valence-electron chi connectivity index (χ4n) is 5.00. The summed E-state index contributed by atoms with van der Waals surface area (Å²) in [5.41, 5.74) is 10.1. The number of aromatic nitrogens is 2. The van der Waals surface area contributed by atoms with E-state index in [1.165, 1.54) is 11.1 Å². The fraction of sp³-hybridized carbons (Fsp3) is 0. The van der Waals surface area contributed by atoms with Crippen LogP contribution in [0.1, 0.15) is 5.56 Å². The van der Waals surface area contributed by atoms with Gasteiger partial charge < -0.3 is 4.57 Å². The van der Waals surface area contributed by atoms with Crippen molar-refractivity contribution >= 4 is 0 Å². The van der Waals surface area contributed by atoms with Crippen molar-refractivity contribution in [3.8, 4) is 50.5 Å². The van der Waals surface area contributed by atoms with Gasteiger partial charge in [-0.15, -0.1) is 12.1 Å². The molecule has 0 atom stereocenters. The molecule has 38 heavy (non-hydrogen) atoms. The van der Waals surface area contributed by atoms with Crippen LogP contribution in [0.3, 0.4) is 0 Å². The van der Waals surface area contributed by atoms with E-state index in [4.69, 9.17) is 0 Å². The first-order chi connectivity index (χ1) is 18.2. The van der Waals surface area contributed by atoms with Gasteiger partial charge >= 0.3 is 0 Å². The van der Waals surface area contributed by atoms with Gasteiger partial charge in [-0.2, -0.15) is 18.6 Å². The normalized spacial score (nSPS) is 10.6. The second-order valence-electron chi connectivity index (χ2n) is 9.14. The standard InChI is InChI=1S/C35H27N2.Ir/c1-26-14-12-13-21-31(26)35-36(2)22-23-37(35)34-32(28-17-8-4-9-18-28)24-30(27-15-6-3-7-16-27)25-33(34)29-19-10-5-11-20-29;/h3-25H,1-2H2;/q-1;. The molecule has 1 radical (unpaired) electrons. The van der Waals surface area contributed by atoms with Crippen molar-refractivity contribution in [3.63, 3.8) is 0 Å². The monoisotopic (exact) mass is 668 g/mol. The van der Waals surface area contributed by atoms with Crippen molar-refractivity contribution in [3.05, 3.63) is 159 Å². The largest absolute Gasteiger partial charge is 0.378 e. The van der Waals surface area contributed by atoms with Crippen molar-refractivity contribution in [2.24, 2.45) is 0 Å². The number of benzene rings is 5. The van der Waals surface area contributed by atoms with Crippen LogP contribution in [0.25, 0.3) is 50.5 Å². The smallest absolute Gasteiger partial charge is 0.134 e. The first-order valence-electron chi connectivity index (χ1n) is 12.4. The maximum Gasteiger partial charge on any atom is 0.134 e. The van der Waals surface area contributed by atoms with Gasteiger partial charge in [0.2, 0.25) is 0 Å². The molecule has 0 N–H and O–H groups in total. The maximum absolute atomic E-state index is 4.32. The van der Waals surface area contributed by atoms with Crippen LogP contribution in [0.4, 0.5) is 0 Å². The van der Waals surface area contributed by atoms with Crippen LogP contribution >= 0.6 is 0 Å². The Balaban J connectivity index is 0.00000294. The molecule has 1 heterocycles. The summed E-state index contributed by atoms with van der Waals surface area (Å²) < 4.78 is 4.19. The number of rotatable bonds is 5.